The molecule has 2 aliphatic rings. The standard InChI is InChI=1S/C19H40N6.HI/c1-5-20-19(22-15-18-16-23(3)13-14-24(18)4)21-9-6-10-25-11-7-17(2)8-12-25;/h17-18H,5-16H2,1-4H3,(H2,20,21,22);1H. The van der Waals surface area contributed by atoms with Gasteiger partial charge in [0.15, 0.2) is 5.96 Å². The van der Waals surface area contributed by atoms with Crippen LogP contribution in [0.25, 0.3) is 0 Å². The van der Waals surface area contributed by atoms with E-state index in [-0.39, 0.29) is 24.0 Å². The largest absolute Gasteiger partial charge is 0.357 e. The Morgan fingerprint density at radius 3 is 2.50 bits per heavy atom. The number of guanidine groups is 1. The highest BCUT2D eigenvalue weighted by Crippen LogP contribution is 2.15. The van der Waals surface area contributed by atoms with E-state index >= 15 is 0 Å². The summed E-state index contributed by atoms with van der Waals surface area (Å²) < 4.78 is 0. The van der Waals surface area contributed by atoms with Crippen molar-refractivity contribution in [2.75, 3.05) is 73.0 Å². The monoisotopic (exact) mass is 480 g/mol. The zero-order valence-corrected chi connectivity index (χ0v) is 19.7. The van der Waals surface area contributed by atoms with E-state index in [1.807, 2.05) is 0 Å². The summed E-state index contributed by atoms with van der Waals surface area (Å²) in [4.78, 5) is 12.3. The number of likely N-dealkylation sites (N-methyl/N-ethyl adjacent to an activating group) is 2. The first kappa shape index (κ1) is 23.9. The first-order valence-corrected chi connectivity index (χ1v) is 10.2. The third-order valence-electron chi connectivity index (χ3n) is 5.60. The Bertz CT molecular complexity index is 397. The molecule has 2 fully saturated rings. The minimum atomic E-state index is 0. The number of nitrogens with one attached hydrogen (secondary N) is 2. The maximum Gasteiger partial charge on any atom is 0.191 e. The van der Waals surface area contributed by atoms with Gasteiger partial charge in [-0.05, 0) is 65.8 Å². The average Bonchev–Trinajstić information content (AvgIpc) is 2.60. The van der Waals surface area contributed by atoms with E-state index in [4.69, 9.17) is 4.99 Å². The summed E-state index contributed by atoms with van der Waals surface area (Å²) in [5.74, 6) is 1.88. The van der Waals surface area contributed by atoms with E-state index < -0.39 is 0 Å². The summed E-state index contributed by atoms with van der Waals surface area (Å²) in [5, 5.41) is 6.90. The molecule has 1 atom stereocenters. The Balaban J connectivity index is 0.00000338. The Morgan fingerprint density at radius 1 is 1.08 bits per heavy atom. The van der Waals surface area contributed by atoms with Gasteiger partial charge in [-0.2, -0.15) is 0 Å². The van der Waals surface area contributed by atoms with Gasteiger partial charge in [-0.25, -0.2) is 0 Å². The fourth-order valence-corrected chi connectivity index (χ4v) is 3.63. The predicted octanol–water partition coefficient (Wildman–Crippen LogP) is 1.53. The number of hydrogen-bond acceptors (Lipinski definition) is 4. The summed E-state index contributed by atoms with van der Waals surface area (Å²) in [6.07, 6.45) is 3.91. The third-order valence-corrected chi connectivity index (χ3v) is 5.60. The molecule has 0 amide bonds. The van der Waals surface area contributed by atoms with Crippen molar-refractivity contribution in [1.82, 2.24) is 25.3 Å². The zero-order chi connectivity index (χ0) is 18.1. The molecule has 2 aliphatic heterocycles. The summed E-state index contributed by atoms with van der Waals surface area (Å²) in [6.45, 7) is 14.4. The number of aliphatic imine (C=N–C) groups is 1. The van der Waals surface area contributed by atoms with Crippen LogP contribution < -0.4 is 10.6 Å². The smallest absolute Gasteiger partial charge is 0.191 e. The zero-order valence-electron chi connectivity index (χ0n) is 17.3. The lowest BCUT2D eigenvalue weighted by atomic mass is 9.99. The molecule has 154 valence electrons. The molecule has 2 heterocycles. The van der Waals surface area contributed by atoms with Crippen molar-refractivity contribution >= 4 is 29.9 Å². The van der Waals surface area contributed by atoms with Crippen LogP contribution in [0, 0.1) is 5.92 Å². The van der Waals surface area contributed by atoms with E-state index in [9.17, 15) is 0 Å². The molecule has 0 bridgehead atoms. The van der Waals surface area contributed by atoms with Gasteiger partial charge in [0, 0.05) is 38.8 Å². The highest BCUT2D eigenvalue weighted by Gasteiger charge is 2.21. The molecular formula is C19H41IN6. The summed E-state index contributed by atoms with van der Waals surface area (Å²) in [6, 6.07) is 0.518. The van der Waals surface area contributed by atoms with Crippen LogP contribution in [-0.2, 0) is 0 Å². The lowest BCUT2D eigenvalue weighted by Crippen LogP contribution is -2.51. The molecule has 0 radical (unpaired) electrons. The van der Waals surface area contributed by atoms with Gasteiger partial charge in [0.25, 0.3) is 0 Å². The second kappa shape index (κ2) is 13.1. The second-order valence-corrected chi connectivity index (χ2v) is 7.92. The molecule has 0 aromatic heterocycles. The van der Waals surface area contributed by atoms with Gasteiger partial charge in [0.05, 0.1) is 6.54 Å². The topological polar surface area (TPSA) is 46.1 Å². The summed E-state index contributed by atoms with van der Waals surface area (Å²) in [7, 11) is 4.42. The van der Waals surface area contributed by atoms with E-state index in [2.05, 4.69) is 53.3 Å². The van der Waals surface area contributed by atoms with Crippen LogP contribution in [0.2, 0.25) is 0 Å². The van der Waals surface area contributed by atoms with Gasteiger partial charge in [-0.3, -0.25) is 9.89 Å². The van der Waals surface area contributed by atoms with Crippen LogP contribution in [0.5, 0.6) is 0 Å². The van der Waals surface area contributed by atoms with Crippen molar-refractivity contribution in [2.24, 2.45) is 10.9 Å². The summed E-state index contributed by atoms with van der Waals surface area (Å²) in [5.41, 5.74) is 0. The molecule has 7 heteroatoms. The first-order valence-electron chi connectivity index (χ1n) is 10.2. The van der Waals surface area contributed by atoms with Gasteiger partial charge in [-0.1, -0.05) is 6.92 Å². The maximum absolute atomic E-state index is 4.83. The maximum atomic E-state index is 4.83. The van der Waals surface area contributed by atoms with E-state index in [1.54, 1.807) is 0 Å². The van der Waals surface area contributed by atoms with Crippen LogP contribution in [-0.4, -0.2) is 99.7 Å². The molecule has 2 rings (SSSR count). The molecule has 0 aliphatic carbocycles. The van der Waals surface area contributed by atoms with Crippen LogP contribution in [0.15, 0.2) is 4.99 Å². The minimum Gasteiger partial charge on any atom is -0.357 e. The molecule has 0 aromatic carbocycles. The Labute approximate surface area is 178 Å². The van der Waals surface area contributed by atoms with Gasteiger partial charge >= 0.3 is 0 Å². The first-order chi connectivity index (χ1) is 12.1. The van der Waals surface area contributed by atoms with Gasteiger partial charge < -0.3 is 20.4 Å². The molecular weight excluding hydrogens is 439 g/mol. The molecule has 0 spiro atoms. The highest BCUT2D eigenvalue weighted by atomic mass is 127. The number of rotatable bonds is 7. The molecule has 6 nitrogen and oxygen atoms in total. The van der Waals surface area contributed by atoms with Crippen molar-refractivity contribution < 1.29 is 0 Å². The van der Waals surface area contributed by atoms with Crippen molar-refractivity contribution in [2.45, 2.75) is 39.2 Å². The molecule has 1 unspecified atom stereocenters. The van der Waals surface area contributed by atoms with E-state index in [0.29, 0.717) is 6.04 Å². The van der Waals surface area contributed by atoms with Gasteiger partial charge in [0.2, 0.25) is 0 Å². The quantitative estimate of drug-likeness (QED) is 0.251. The van der Waals surface area contributed by atoms with Crippen LogP contribution in [0.3, 0.4) is 0 Å². The number of piperazine rings is 1. The SMILES string of the molecule is CCNC(=NCC1CN(C)CCN1C)NCCCN1CCC(C)CC1.I. The van der Waals surface area contributed by atoms with Crippen molar-refractivity contribution in [3.8, 4) is 0 Å². The van der Waals surface area contributed by atoms with Crippen molar-refractivity contribution in [3.63, 3.8) is 0 Å². The number of piperidine rings is 1. The Hall–Kier alpha value is -0.120. The normalized spacial score (nSPS) is 24.3. The van der Waals surface area contributed by atoms with Crippen molar-refractivity contribution in [3.05, 3.63) is 0 Å². The lowest BCUT2D eigenvalue weighted by Gasteiger charge is -2.36. The fourth-order valence-electron chi connectivity index (χ4n) is 3.63. The molecule has 2 saturated heterocycles. The third kappa shape index (κ3) is 8.71. The van der Waals surface area contributed by atoms with Crippen molar-refractivity contribution in [1.29, 1.82) is 0 Å². The predicted molar refractivity (Wildman–Crippen MR) is 123 cm³/mol. The Kier molecular flexibility index (Phi) is 12.1. The second-order valence-electron chi connectivity index (χ2n) is 7.92. The van der Waals surface area contributed by atoms with Gasteiger partial charge in [-0.15, -0.1) is 24.0 Å². The number of halogens is 1. The molecule has 0 saturated carbocycles. The number of nitrogens with zero attached hydrogens (tertiary/aromatic N) is 4. The van der Waals surface area contributed by atoms with Crippen LogP contribution in [0.1, 0.15) is 33.1 Å². The minimum absolute atomic E-state index is 0. The Morgan fingerprint density at radius 2 is 1.81 bits per heavy atom. The van der Waals surface area contributed by atoms with Gasteiger partial charge in [0.1, 0.15) is 0 Å². The molecule has 2 N–H and O–H groups in total. The van der Waals surface area contributed by atoms with E-state index in [0.717, 1.165) is 51.1 Å². The fraction of sp³-hybridized carbons (Fsp3) is 0.947. The molecule has 0 aromatic rings. The van der Waals surface area contributed by atoms with Crippen LogP contribution in [0.4, 0.5) is 0 Å². The highest BCUT2D eigenvalue weighted by molar-refractivity contribution is 14.0. The number of likely N-dealkylation sites (tertiary alicyclic amines) is 1. The van der Waals surface area contributed by atoms with E-state index in [1.165, 1.54) is 38.9 Å². The average molecular weight is 480 g/mol. The summed E-state index contributed by atoms with van der Waals surface area (Å²) >= 11 is 0. The number of hydrogen-bond donors (Lipinski definition) is 2. The van der Waals surface area contributed by atoms with Crippen LogP contribution >= 0.6 is 24.0 Å². The lowest BCUT2D eigenvalue weighted by molar-refractivity contribution is 0.119. The molecule has 26 heavy (non-hydrogen) atoms.